The Balaban J connectivity index is 2.11. The van der Waals surface area contributed by atoms with Gasteiger partial charge in [0.1, 0.15) is 11.8 Å². The van der Waals surface area contributed by atoms with E-state index in [1.54, 1.807) is 0 Å². The van der Waals surface area contributed by atoms with Crippen LogP contribution in [0.1, 0.15) is 29.8 Å². The van der Waals surface area contributed by atoms with Gasteiger partial charge in [0.2, 0.25) is 0 Å². The van der Waals surface area contributed by atoms with E-state index in [2.05, 4.69) is 0 Å². The van der Waals surface area contributed by atoms with Crippen molar-refractivity contribution in [2.75, 3.05) is 26.7 Å². The van der Waals surface area contributed by atoms with Gasteiger partial charge < -0.3 is 14.6 Å². The minimum atomic E-state index is -4.53. The van der Waals surface area contributed by atoms with Crippen molar-refractivity contribution in [3.8, 4) is 6.07 Å². The Labute approximate surface area is 136 Å². The van der Waals surface area contributed by atoms with Crippen molar-refractivity contribution in [1.29, 1.82) is 5.26 Å². The Morgan fingerprint density at radius 3 is 2.42 bits per heavy atom. The van der Waals surface area contributed by atoms with Crippen LogP contribution < -0.4 is 0 Å². The number of alkyl halides is 3. The van der Waals surface area contributed by atoms with Crippen LogP contribution in [-0.4, -0.2) is 52.2 Å². The fourth-order valence-corrected chi connectivity index (χ4v) is 3.93. The van der Waals surface area contributed by atoms with Gasteiger partial charge in [0.25, 0.3) is 0 Å². The first-order chi connectivity index (χ1) is 11.2. The molecule has 24 heavy (non-hydrogen) atoms. The number of carbonyl (C=O) groups is 1. The molecule has 0 saturated carbocycles. The van der Waals surface area contributed by atoms with E-state index in [1.807, 2.05) is 18.0 Å². The lowest BCUT2D eigenvalue weighted by Crippen LogP contribution is -2.57. The van der Waals surface area contributed by atoms with Crippen LogP contribution in [0.5, 0.6) is 0 Å². The number of aromatic nitrogens is 1. The molecule has 2 aliphatic heterocycles. The average Bonchev–Trinajstić information content (AvgIpc) is 2.91. The quantitative estimate of drug-likeness (QED) is 0.785. The number of likely N-dealkylation sites (N-methyl/N-ethyl adjacent to an activating group) is 1. The summed E-state index contributed by atoms with van der Waals surface area (Å²) in [6.07, 6.45) is -4.82. The van der Waals surface area contributed by atoms with Crippen LogP contribution in [0, 0.1) is 11.3 Å². The minimum Gasteiger partial charge on any atom is -0.465 e. The lowest BCUT2D eigenvalue weighted by Gasteiger charge is -2.50. The lowest BCUT2D eigenvalue weighted by atomic mass is 9.80. The molecule has 3 rings (SSSR count). The Bertz CT molecular complexity index is 712. The standard InChI is InChI=1S/C15H17F3N4O2/c1-20-6-7-22-11(15(16,17)18)8-10(9-19)12(22)14(20)2-4-21(5-3-14)13(23)24/h8H,2-7H2,1H3,(H,23,24). The number of piperidine rings is 1. The molecule has 0 aliphatic carbocycles. The maximum atomic E-state index is 13.3. The summed E-state index contributed by atoms with van der Waals surface area (Å²) in [5.41, 5.74) is -1.14. The van der Waals surface area contributed by atoms with E-state index >= 15 is 0 Å². The summed E-state index contributed by atoms with van der Waals surface area (Å²) in [5.74, 6) is 0. The highest BCUT2D eigenvalue weighted by molar-refractivity contribution is 5.65. The summed E-state index contributed by atoms with van der Waals surface area (Å²) in [4.78, 5) is 14.3. The van der Waals surface area contributed by atoms with Crippen molar-refractivity contribution in [2.45, 2.75) is 31.1 Å². The zero-order chi connectivity index (χ0) is 17.7. The summed E-state index contributed by atoms with van der Waals surface area (Å²) in [6, 6.07) is 2.81. The predicted molar refractivity (Wildman–Crippen MR) is 77.3 cm³/mol. The largest absolute Gasteiger partial charge is 0.465 e. The molecule has 0 unspecified atom stereocenters. The molecule has 0 bridgehead atoms. The summed E-state index contributed by atoms with van der Waals surface area (Å²) >= 11 is 0. The van der Waals surface area contributed by atoms with Crippen LogP contribution >= 0.6 is 0 Å². The Hall–Kier alpha value is -2.21. The summed E-state index contributed by atoms with van der Waals surface area (Å²) in [7, 11) is 1.82. The van der Waals surface area contributed by atoms with Crippen LogP contribution in [0.4, 0.5) is 18.0 Å². The summed E-state index contributed by atoms with van der Waals surface area (Å²) < 4.78 is 41.2. The SMILES string of the molecule is CN1CCn2c(C(F)(F)F)cc(C#N)c2C12CCN(C(=O)O)CC2. The molecule has 130 valence electrons. The van der Waals surface area contributed by atoms with E-state index in [0.29, 0.717) is 25.1 Å². The first-order valence-corrected chi connectivity index (χ1v) is 7.61. The molecule has 0 radical (unpaired) electrons. The number of fused-ring (bicyclic) bond motifs is 2. The van der Waals surface area contributed by atoms with E-state index in [1.165, 1.54) is 9.47 Å². The molecule has 1 spiro atoms. The van der Waals surface area contributed by atoms with Crippen molar-refractivity contribution >= 4 is 6.09 Å². The fourth-order valence-electron chi connectivity index (χ4n) is 3.93. The number of hydrogen-bond donors (Lipinski definition) is 1. The molecule has 0 atom stereocenters. The molecule has 1 saturated heterocycles. The highest BCUT2D eigenvalue weighted by Gasteiger charge is 2.49. The smallest absolute Gasteiger partial charge is 0.431 e. The molecule has 1 aromatic rings. The van der Waals surface area contributed by atoms with Gasteiger partial charge in [0, 0.05) is 26.2 Å². The molecule has 6 nitrogen and oxygen atoms in total. The second-order valence-electron chi connectivity index (χ2n) is 6.28. The third-order valence-corrected chi connectivity index (χ3v) is 5.20. The van der Waals surface area contributed by atoms with E-state index in [0.717, 1.165) is 6.07 Å². The molecule has 2 aliphatic rings. The van der Waals surface area contributed by atoms with E-state index < -0.39 is 23.5 Å². The highest BCUT2D eigenvalue weighted by Crippen LogP contribution is 2.45. The topological polar surface area (TPSA) is 72.5 Å². The molecular weight excluding hydrogens is 325 g/mol. The van der Waals surface area contributed by atoms with Gasteiger partial charge in [0.15, 0.2) is 0 Å². The van der Waals surface area contributed by atoms with Gasteiger partial charge in [-0.3, -0.25) is 4.90 Å². The first-order valence-electron chi connectivity index (χ1n) is 7.61. The highest BCUT2D eigenvalue weighted by atomic mass is 19.4. The third kappa shape index (κ3) is 2.33. The molecule has 1 aromatic heterocycles. The molecule has 1 fully saturated rings. The van der Waals surface area contributed by atoms with Crippen LogP contribution in [0.15, 0.2) is 6.07 Å². The zero-order valence-electron chi connectivity index (χ0n) is 13.1. The molecule has 1 amide bonds. The number of amides is 1. The van der Waals surface area contributed by atoms with Crippen molar-refractivity contribution in [2.24, 2.45) is 0 Å². The normalized spacial score (nSPS) is 20.7. The van der Waals surface area contributed by atoms with Gasteiger partial charge in [-0.05, 0) is 26.0 Å². The second-order valence-corrected chi connectivity index (χ2v) is 6.28. The van der Waals surface area contributed by atoms with Gasteiger partial charge in [-0.2, -0.15) is 18.4 Å². The number of nitrogens with zero attached hydrogens (tertiary/aromatic N) is 4. The molecule has 3 heterocycles. The van der Waals surface area contributed by atoms with Crippen molar-refractivity contribution in [3.63, 3.8) is 0 Å². The first kappa shape index (κ1) is 16.6. The van der Waals surface area contributed by atoms with Crippen molar-refractivity contribution in [1.82, 2.24) is 14.4 Å². The van der Waals surface area contributed by atoms with Crippen molar-refractivity contribution < 1.29 is 23.1 Å². The van der Waals surface area contributed by atoms with Crippen molar-refractivity contribution in [3.05, 3.63) is 23.0 Å². The number of likely N-dealkylation sites (tertiary alicyclic amines) is 1. The average molecular weight is 342 g/mol. The van der Waals surface area contributed by atoms with Gasteiger partial charge >= 0.3 is 12.3 Å². The van der Waals surface area contributed by atoms with Crippen LogP contribution in [0.2, 0.25) is 0 Å². The van der Waals surface area contributed by atoms with Gasteiger partial charge in [-0.15, -0.1) is 0 Å². The Morgan fingerprint density at radius 2 is 1.92 bits per heavy atom. The Morgan fingerprint density at radius 1 is 1.29 bits per heavy atom. The Kier molecular flexibility index (Phi) is 3.75. The maximum Gasteiger partial charge on any atom is 0.431 e. The maximum absolute atomic E-state index is 13.3. The predicted octanol–water partition coefficient (Wildman–Crippen LogP) is 2.29. The number of carboxylic acid groups (broad SMARTS) is 1. The number of halogens is 3. The summed E-state index contributed by atoms with van der Waals surface area (Å²) in [5, 5.41) is 18.5. The third-order valence-electron chi connectivity index (χ3n) is 5.20. The fraction of sp³-hybridized carbons (Fsp3) is 0.600. The molecule has 0 aromatic carbocycles. The minimum absolute atomic E-state index is 0.0256. The summed E-state index contributed by atoms with van der Waals surface area (Å²) in [6.45, 7) is 1.05. The monoisotopic (exact) mass is 342 g/mol. The van der Waals surface area contributed by atoms with E-state index in [-0.39, 0.29) is 25.2 Å². The van der Waals surface area contributed by atoms with Gasteiger partial charge in [0.05, 0.1) is 16.8 Å². The number of rotatable bonds is 0. The zero-order valence-corrected chi connectivity index (χ0v) is 13.1. The molecular formula is C15H17F3N4O2. The number of nitriles is 1. The van der Waals surface area contributed by atoms with Crippen LogP contribution in [0.3, 0.4) is 0 Å². The van der Waals surface area contributed by atoms with Crippen LogP contribution in [0.25, 0.3) is 0 Å². The number of hydrogen-bond acceptors (Lipinski definition) is 3. The van der Waals surface area contributed by atoms with Gasteiger partial charge in [-0.25, -0.2) is 4.79 Å². The lowest BCUT2D eigenvalue weighted by molar-refractivity contribution is -0.144. The molecule has 9 heteroatoms. The van der Waals surface area contributed by atoms with Crippen LogP contribution in [-0.2, 0) is 18.3 Å². The second kappa shape index (κ2) is 5.41. The van der Waals surface area contributed by atoms with Gasteiger partial charge in [-0.1, -0.05) is 0 Å². The van der Waals surface area contributed by atoms with E-state index in [9.17, 15) is 23.2 Å². The van der Waals surface area contributed by atoms with E-state index in [4.69, 9.17) is 5.11 Å². The molecule has 1 N–H and O–H groups in total.